The van der Waals surface area contributed by atoms with Crippen LogP contribution < -0.4 is 5.43 Å². The van der Waals surface area contributed by atoms with Crippen molar-refractivity contribution in [1.29, 1.82) is 0 Å². The van der Waals surface area contributed by atoms with Gasteiger partial charge in [-0.3, -0.25) is 4.79 Å². The molecule has 0 spiro atoms. The van der Waals surface area contributed by atoms with Crippen LogP contribution in [0.1, 0.15) is 44.2 Å². The SMILES string of the molecule is CCCCC(=O)NN=C(C)c1cccc(C)c1. The van der Waals surface area contributed by atoms with Crippen molar-refractivity contribution < 1.29 is 4.79 Å². The first-order valence-electron chi connectivity index (χ1n) is 6.03. The quantitative estimate of drug-likeness (QED) is 0.615. The van der Waals surface area contributed by atoms with Gasteiger partial charge in [0, 0.05) is 6.42 Å². The lowest BCUT2D eigenvalue weighted by atomic mass is 10.1. The largest absolute Gasteiger partial charge is 0.273 e. The number of hydrogen-bond acceptors (Lipinski definition) is 2. The van der Waals surface area contributed by atoms with Crippen LogP contribution in [-0.4, -0.2) is 11.6 Å². The molecule has 0 aliphatic rings. The summed E-state index contributed by atoms with van der Waals surface area (Å²) < 4.78 is 0. The number of hydrazone groups is 1. The molecule has 0 saturated heterocycles. The molecule has 0 aliphatic heterocycles. The predicted octanol–water partition coefficient (Wildman–Crippen LogP) is 3.03. The molecule has 0 saturated carbocycles. The summed E-state index contributed by atoms with van der Waals surface area (Å²) in [7, 11) is 0. The number of benzene rings is 1. The molecule has 0 unspecified atom stereocenters. The molecule has 0 radical (unpaired) electrons. The van der Waals surface area contributed by atoms with Crippen molar-refractivity contribution in [1.82, 2.24) is 5.43 Å². The minimum atomic E-state index is -0.0150. The fourth-order valence-corrected chi connectivity index (χ4v) is 1.47. The maximum Gasteiger partial charge on any atom is 0.240 e. The standard InChI is InChI=1S/C14H20N2O/c1-4-5-9-14(17)16-15-12(3)13-8-6-7-11(2)10-13/h6-8,10H,4-5,9H2,1-3H3,(H,16,17). The highest BCUT2D eigenvalue weighted by Gasteiger charge is 2.00. The maximum absolute atomic E-state index is 11.4. The lowest BCUT2D eigenvalue weighted by Crippen LogP contribution is -2.18. The molecular formula is C14H20N2O. The maximum atomic E-state index is 11.4. The highest BCUT2D eigenvalue weighted by molar-refractivity contribution is 5.99. The van der Waals surface area contributed by atoms with Gasteiger partial charge in [0.1, 0.15) is 0 Å². The molecule has 3 heteroatoms. The Bertz CT molecular complexity index is 410. The minimum absolute atomic E-state index is 0.0150. The van der Waals surface area contributed by atoms with Crippen LogP contribution in [0.25, 0.3) is 0 Å². The van der Waals surface area contributed by atoms with Gasteiger partial charge >= 0.3 is 0 Å². The number of aryl methyl sites for hydroxylation is 1. The van der Waals surface area contributed by atoms with Crippen LogP contribution in [0, 0.1) is 6.92 Å². The third kappa shape index (κ3) is 4.81. The fraction of sp³-hybridized carbons (Fsp3) is 0.429. The number of nitrogens with zero attached hydrogens (tertiary/aromatic N) is 1. The van der Waals surface area contributed by atoms with Crippen molar-refractivity contribution in [2.75, 3.05) is 0 Å². The van der Waals surface area contributed by atoms with Gasteiger partial charge in [-0.2, -0.15) is 5.10 Å². The van der Waals surface area contributed by atoms with Gasteiger partial charge in [-0.15, -0.1) is 0 Å². The number of unbranched alkanes of at least 4 members (excludes halogenated alkanes) is 1. The van der Waals surface area contributed by atoms with E-state index in [4.69, 9.17) is 0 Å². The molecule has 1 amide bonds. The Hall–Kier alpha value is -1.64. The zero-order chi connectivity index (χ0) is 12.7. The first kappa shape index (κ1) is 13.4. The summed E-state index contributed by atoms with van der Waals surface area (Å²) in [5.41, 5.74) is 5.65. The fourth-order valence-electron chi connectivity index (χ4n) is 1.47. The normalized spacial score (nSPS) is 11.4. The number of nitrogens with one attached hydrogen (secondary N) is 1. The van der Waals surface area contributed by atoms with E-state index in [2.05, 4.69) is 23.5 Å². The lowest BCUT2D eigenvalue weighted by Gasteiger charge is -2.03. The van der Waals surface area contributed by atoms with Crippen LogP contribution in [0.5, 0.6) is 0 Å². The highest BCUT2D eigenvalue weighted by atomic mass is 16.2. The number of carbonyl (C=O) groups is 1. The van der Waals surface area contributed by atoms with Crippen molar-refractivity contribution in [3.05, 3.63) is 35.4 Å². The molecule has 0 aliphatic carbocycles. The van der Waals surface area contributed by atoms with Crippen molar-refractivity contribution >= 4 is 11.6 Å². The molecule has 92 valence electrons. The number of hydrogen-bond donors (Lipinski definition) is 1. The van der Waals surface area contributed by atoms with E-state index in [0.29, 0.717) is 6.42 Å². The Balaban J connectivity index is 2.57. The van der Waals surface area contributed by atoms with Crippen LogP contribution in [0.4, 0.5) is 0 Å². The van der Waals surface area contributed by atoms with Gasteiger partial charge in [0.05, 0.1) is 5.71 Å². The Labute approximate surface area is 103 Å². The van der Waals surface area contributed by atoms with E-state index >= 15 is 0 Å². The molecule has 0 atom stereocenters. The average molecular weight is 232 g/mol. The molecule has 0 aromatic heterocycles. The van der Waals surface area contributed by atoms with Crippen molar-refractivity contribution in [3.8, 4) is 0 Å². The Morgan fingerprint density at radius 1 is 1.41 bits per heavy atom. The van der Waals surface area contributed by atoms with Gasteiger partial charge in [0.15, 0.2) is 0 Å². The Kier molecular flexibility index (Phi) is 5.40. The van der Waals surface area contributed by atoms with Crippen molar-refractivity contribution in [2.24, 2.45) is 5.10 Å². The van der Waals surface area contributed by atoms with Gasteiger partial charge in [-0.1, -0.05) is 43.2 Å². The molecule has 17 heavy (non-hydrogen) atoms. The molecule has 1 rings (SSSR count). The molecule has 3 nitrogen and oxygen atoms in total. The van der Waals surface area contributed by atoms with Gasteiger partial charge in [0.2, 0.25) is 5.91 Å². The van der Waals surface area contributed by atoms with Gasteiger partial charge in [-0.25, -0.2) is 5.43 Å². The zero-order valence-corrected chi connectivity index (χ0v) is 10.8. The van der Waals surface area contributed by atoms with Crippen LogP contribution in [-0.2, 0) is 4.79 Å². The van der Waals surface area contributed by atoms with E-state index in [1.165, 1.54) is 5.56 Å². The molecular weight excluding hydrogens is 212 g/mol. The zero-order valence-electron chi connectivity index (χ0n) is 10.8. The summed E-state index contributed by atoms with van der Waals surface area (Å²) in [4.78, 5) is 11.4. The Morgan fingerprint density at radius 3 is 2.82 bits per heavy atom. The lowest BCUT2D eigenvalue weighted by molar-refractivity contribution is -0.121. The second kappa shape index (κ2) is 6.84. The average Bonchev–Trinajstić information content (AvgIpc) is 2.33. The first-order chi connectivity index (χ1) is 8.13. The molecule has 1 aromatic carbocycles. The smallest absolute Gasteiger partial charge is 0.240 e. The topological polar surface area (TPSA) is 41.5 Å². The summed E-state index contributed by atoms with van der Waals surface area (Å²) >= 11 is 0. The highest BCUT2D eigenvalue weighted by Crippen LogP contribution is 2.05. The van der Waals surface area contributed by atoms with E-state index in [0.717, 1.165) is 24.1 Å². The summed E-state index contributed by atoms with van der Waals surface area (Å²) in [5, 5.41) is 4.11. The molecule has 0 heterocycles. The third-order valence-corrected chi connectivity index (χ3v) is 2.54. The summed E-state index contributed by atoms with van der Waals surface area (Å²) in [5.74, 6) is -0.0150. The molecule has 1 aromatic rings. The van der Waals surface area contributed by atoms with Crippen LogP contribution in [0.3, 0.4) is 0 Å². The number of amides is 1. The Morgan fingerprint density at radius 2 is 2.18 bits per heavy atom. The monoisotopic (exact) mass is 232 g/mol. The number of carbonyl (C=O) groups excluding carboxylic acids is 1. The van der Waals surface area contributed by atoms with E-state index in [9.17, 15) is 4.79 Å². The summed E-state index contributed by atoms with van der Waals surface area (Å²) in [6.45, 7) is 6.00. The predicted molar refractivity (Wildman–Crippen MR) is 71.1 cm³/mol. The van der Waals surface area contributed by atoms with E-state index < -0.39 is 0 Å². The van der Waals surface area contributed by atoms with E-state index in [1.807, 2.05) is 32.0 Å². The van der Waals surface area contributed by atoms with Crippen molar-refractivity contribution in [3.63, 3.8) is 0 Å². The molecule has 1 N–H and O–H groups in total. The van der Waals surface area contributed by atoms with Gasteiger partial charge in [0.25, 0.3) is 0 Å². The van der Waals surface area contributed by atoms with Crippen LogP contribution >= 0.6 is 0 Å². The van der Waals surface area contributed by atoms with Gasteiger partial charge < -0.3 is 0 Å². The summed E-state index contributed by atoms with van der Waals surface area (Å²) in [6.07, 6.45) is 2.47. The second-order valence-corrected chi connectivity index (χ2v) is 4.21. The number of rotatable bonds is 5. The molecule has 0 fully saturated rings. The van der Waals surface area contributed by atoms with Gasteiger partial charge in [-0.05, 0) is 25.8 Å². The van der Waals surface area contributed by atoms with Crippen LogP contribution in [0.2, 0.25) is 0 Å². The second-order valence-electron chi connectivity index (χ2n) is 4.21. The van der Waals surface area contributed by atoms with Crippen LogP contribution in [0.15, 0.2) is 29.4 Å². The van der Waals surface area contributed by atoms with E-state index in [-0.39, 0.29) is 5.91 Å². The minimum Gasteiger partial charge on any atom is -0.273 e. The van der Waals surface area contributed by atoms with E-state index in [1.54, 1.807) is 0 Å². The third-order valence-electron chi connectivity index (χ3n) is 2.54. The summed E-state index contributed by atoms with van der Waals surface area (Å²) in [6, 6.07) is 8.07. The van der Waals surface area contributed by atoms with Crippen molar-refractivity contribution in [2.45, 2.75) is 40.0 Å². The molecule has 0 bridgehead atoms. The first-order valence-corrected chi connectivity index (χ1v) is 6.03.